The SMILES string of the molecule is COc1ccc(OC(=O)c2ncc[nH]2)cc1O. The number of phenols is 1. The molecule has 0 aliphatic carbocycles. The summed E-state index contributed by atoms with van der Waals surface area (Å²) in [5, 5.41) is 9.50. The topological polar surface area (TPSA) is 84.4 Å². The maximum Gasteiger partial charge on any atom is 0.379 e. The van der Waals surface area contributed by atoms with Gasteiger partial charge in [-0.05, 0) is 12.1 Å². The van der Waals surface area contributed by atoms with E-state index in [1.54, 1.807) is 0 Å². The van der Waals surface area contributed by atoms with E-state index in [0.717, 1.165) is 0 Å². The van der Waals surface area contributed by atoms with E-state index < -0.39 is 5.97 Å². The number of hydrogen-bond acceptors (Lipinski definition) is 5. The zero-order valence-electron chi connectivity index (χ0n) is 9.01. The molecule has 0 spiro atoms. The van der Waals surface area contributed by atoms with Crippen molar-refractivity contribution >= 4 is 5.97 Å². The minimum atomic E-state index is -0.625. The van der Waals surface area contributed by atoms with E-state index >= 15 is 0 Å². The molecule has 0 radical (unpaired) electrons. The van der Waals surface area contributed by atoms with Crippen LogP contribution in [0, 0.1) is 0 Å². The molecule has 0 aliphatic heterocycles. The third-order valence-electron chi connectivity index (χ3n) is 2.05. The van der Waals surface area contributed by atoms with Gasteiger partial charge in [0.2, 0.25) is 5.82 Å². The normalized spacial score (nSPS) is 9.94. The summed E-state index contributed by atoms with van der Waals surface area (Å²) in [7, 11) is 1.43. The number of aromatic amines is 1. The van der Waals surface area contributed by atoms with Crippen LogP contribution in [0.25, 0.3) is 0 Å². The Morgan fingerprint density at radius 3 is 2.88 bits per heavy atom. The van der Waals surface area contributed by atoms with Crippen LogP contribution >= 0.6 is 0 Å². The quantitative estimate of drug-likeness (QED) is 0.618. The highest BCUT2D eigenvalue weighted by atomic mass is 16.5. The summed E-state index contributed by atoms with van der Waals surface area (Å²) < 4.78 is 9.86. The summed E-state index contributed by atoms with van der Waals surface area (Å²) in [6, 6.07) is 4.30. The number of methoxy groups -OCH3 is 1. The van der Waals surface area contributed by atoms with E-state index in [2.05, 4.69) is 9.97 Å². The summed E-state index contributed by atoms with van der Waals surface area (Å²) in [5.41, 5.74) is 0. The largest absolute Gasteiger partial charge is 0.504 e. The minimum Gasteiger partial charge on any atom is -0.504 e. The fourth-order valence-corrected chi connectivity index (χ4v) is 1.27. The average Bonchev–Trinajstić information content (AvgIpc) is 2.82. The zero-order chi connectivity index (χ0) is 12.3. The molecule has 1 aromatic heterocycles. The van der Waals surface area contributed by atoms with Gasteiger partial charge in [-0.1, -0.05) is 0 Å². The Hall–Kier alpha value is -2.50. The number of carbonyl (C=O) groups is 1. The third kappa shape index (κ3) is 2.36. The van der Waals surface area contributed by atoms with Crippen molar-refractivity contribution in [2.75, 3.05) is 7.11 Å². The Bertz CT molecular complexity index is 522. The second-order valence-electron chi connectivity index (χ2n) is 3.16. The summed E-state index contributed by atoms with van der Waals surface area (Å²) in [4.78, 5) is 17.9. The molecule has 2 aromatic rings. The monoisotopic (exact) mass is 234 g/mol. The summed E-state index contributed by atoms with van der Waals surface area (Å²) in [5.74, 6) is -0.107. The van der Waals surface area contributed by atoms with Gasteiger partial charge in [0.15, 0.2) is 11.5 Å². The second kappa shape index (κ2) is 4.56. The molecule has 2 N–H and O–H groups in total. The van der Waals surface area contributed by atoms with Crippen LogP contribution in [-0.4, -0.2) is 28.2 Å². The molecule has 88 valence electrons. The van der Waals surface area contributed by atoms with Gasteiger partial charge in [0.25, 0.3) is 0 Å². The highest BCUT2D eigenvalue weighted by Crippen LogP contribution is 2.29. The molecule has 17 heavy (non-hydrogen) atoms. The summed E-state index contributed by atoms with van der Waals surface area (Å²) in [6.45, 7) is 0. The fourth-order valence-electron chi connectivity index (χ4n) is 1.27. The lowest BCUT2D eigenvalue weighted by molar-refractivity contribution is 0.0722. The van der Waals surface area contributed by atoms with Crippen molar-refractivity contribution in [3.8, 4) is 17.2 Å². The molecule has 1 heterocycles. The van der Waals surface area contributed by atoms with Gasteiger partial charge < -0.3 is 19.6 Å². The molecule has 0 saturated heterocycles. The number of esters is 1. The molecule has 0 atom stereocenters. The molecule has 0 bridgehead atoms. The summed E-state index contributed by atoms with van der Waals surface area (Å²) >= 11 is 0. The average molecular weight is 234 g/mol. The van der Waals surface area contributed by atoms with E-state index in [1.165, 1.54) is 37.7 Å². The lowest BCUT2D eigenvalue weighted by Crippen LogP contribution is -2.10. The predicted octanol–water partition coefficient (Wildman–Crippen LogP) is 1.34. The lowest BCUT2D eigenvalue weighted by Gasteiger charge is -2.06. The number of carbonyl (C=O) groups excluding carboxylic acids is 1. The Balaban J connectivity index is 2.14. The van der Waals surface area contributed by atoms with Crippen LogP contribution < -0.4 is 9.47 Å². The van der Waals surface area contributed by atoms with Crippen LogP contribution in [0.5, 0.6) is 17.2 Å². The first-order chi connectivity index (χ1) is 8.20. The number of aromatic hydroxyl groups is 1. The number of nitrogens with one attached hydrogen (secondary N) is 1. The minimum absolute atomic E-state index is 0.0975. The Labute approximate surface area is 96.8 Å². The number of phenolic OH excluding ortho intramolecular Hbond substituents is 1. The third-order valence-corrected chi connectivity index (χ3v) is 2.05. The molecule has 0 unspecified atom stereocenters. The van der Waals surface area contributed by atoms with Gasteiger partial charge in [0.05, 0.1) is 7.11 Å². The van der Waals surface area contributed by atoms with Crippen LogP contribution in [0.1, 0.15) is 10.6 Å². The van der Waals surface area contributed by atoms with Crippen LogP contribution in [0.15, 0.2) is 30.6 Å². The van der Waals surface area contributed by atoms with Crippen LogP contribution in [0.4, 0.5) is 0 Å². The number of nitrogens with zero attached hydrogens (tertiary/aromatic N) is 1. The zero-order valence-corrected chi connectivity index (χ0v) is 9.01. The van der Waals surface area contributed by atoms with Crippen molar-refractivity contribution in [2.24, 2.45) is 0 Å². The number of H-pyrrole nitrogens is 1. The van der Waals surface area contributed by atoms with Crippen LogP contribution in [-0.2, 0) is 0 Å². The molecule has 0 fully saturated rings. The molecule has 6 heteroatoms. The highest BCUT2D eigenvalue weighted by Gasteiger charge is 2.12. The molecule has 6 nitrogen and oxygen atoms in total. The van der Waals surface area contributed by atoms with Crippen molar-refractivity contribution in [3.63, 3.8) is 0 Å². The van der Waals surface area contributed by atoms with E-state index in [1.807, 2.05) is 0 Å². The number of aromatic nitrogens is 2. The molecule has 2 rings (SSSR count). The van der Waals surface area contributed by atoms with Crippen molar-refractivity contribution in [1.29, 1.82) is 0 Å². The predicted molar refractivity (Wildman–Crippen MR) is 58.2 cm³/mol. The first-order valence-electron chi connectivity index (χ1n) is 4.79. The first kappa shape index (κ1) is 11.0. The van der Waals surface area contributed by atoms with Gasteiger partial charge in [-0.15, -0.1) is 0 Å². The van der Waals surface area contributed by atoms with E-state index in [0.29, 0.717) is 5.75 Å². The maximum atomic E-state index is 11.5. The standard InChI is InChI=1S/C11H10N2O4/c1-16-9-3-2-7(6-8(9)14)17-11(15)10-12-4-5-13-10/h2-6,14H,1H3,(H,12,13). The van der Waals surface area contributed by atoms with E-state index in [4.69, 9.17) is 9.47 Å². The van der Waals surface area contributed by atoms with Gasteiger partial charge in [-0.25, -0.2) is 9.78 Å². The molecule has 0 saturated carbocycles. The Kier molecular flexibility index (Phi) is 2.95. The van der Waals surface area contributed by atoms with E-state index in [9.17, 15) is 9.90 Å². The fraction of sp³-hybridized carbons (Fsp3) is 0.0909. The van der Waals surface area contributed by atoms with Crippen molar-refractivity contribution in [2.45, 2.75) is 0 Å². The number of rotatable bonds is 3. The van der Waals surface area contributed by atoms with Crippen molar-refractivity contribution in [3.05, 3.63) is 36.4 Å². The highest BCUT2D eigenvalue weighted by molar-refractivity contribution is 5.87. The number of ether oxygens (including phenoxy) is 2. The van der Waals surface area contributed by atoms with Crippen molar-refractivity contribution < 1.29 is 19.4 Å². The first-order valence-corrected chi connectivity index (χ1v) is 4.79. The van der Waals surface area contributed by atoms with Gasteiger partial charge >= 0.3 is 5.97 Å². The number of hydrogen-bond donors (Lipinski definition) is 2. The number of imidazole rings is 1. The van der Waals surface area contributed by atoms with Gasteiger partial charge in [-0.2, -0.15) is 0 Å². The maximum absolute atomic E-state index is 11.5. The van der Waals surface area contributed by atoms with Gasteiger partial charge in [0, 0.05) is 18.5 Å². The Morgan fingerprint density at radius 1 is 1.47 bits per heavy atom. The summed E-state index contributed by atoms with van der Waals surface area (Å²) in [6.07, 6.45) is 2.96. The number of benzene rings is 1. The van der Waals surface area contributed by atoms with Crippen LogP contribution in [0.2, 0.25) is 0 Å². The molecule has 0 aliphatic rings. The van der Waals surface area contributed by atoms with E-state index in [-0.39, 0.29) is 17.3 Å². The van der Waals surface area contributed by atoms with Gasteiger partial charge in [0.1, 0.15) is 5.75 Å². The van der Waals surface area contributed by atoms with Gasteiger partial charge in [-0.3, -0.25) is 0 Å². The van der Waals surface area contributed by atoms with Crippen LogP contribution in [0.3, 0.4) is 0 Å². The molecule has 1 aromatic carbocycles. The van der Waals surface area contributed by atoms with Crippen molar-refractivity contribution in [1.82, 2.24) is 9.97 Å². The second-order valence-corrected chi connectivity index (χ2v) is 3.16. The lowest BCUT2D eigenvalue weighted by atomic mass is 10.3. The Morgan fingerprint density at radius 2 is 2.29 bits per heavy atom. The molecular formula is C11H10N2O4. The molecule has 0 amide bonds. The smallest absolute Gasteiger partial charge is 0.379 e. The molecular weight excluding hydrogens is 224 g/mol.